The number of amides is 2. The van der Waals surface area contributed by atoms with Crippen LogP contribution in [-0.2, 0) is 16.0 Å². The molecule has 0 radical (unpaired) electrons. The Bertz CT molecular complexity index is 609. The average molecular weight is 344 g/mol. The monoisotopic (exact) mass is 344 g/mol. The quantitative estimate of drug-likeness (QED) is 0.775. The van der Waals surface area contributed by atoms with Crippen LogP contribution in [0.3, 0.4) is 0 Å². The molecule has 25 heavy (non-hydrogen) atoms. The van der Waals surface area contributed by atoms with Gasteiger partial charge in [-0.05, 0) is 55.9 Å². The molecule has 3 rings (SSSR count). The third-order valence-corrected chi connectivity index (χ3v) is 4.99. The first kappa shape index (κ1) is 17.8. The largest absolute Gasteiger partial charge is 0.494 e. The fourth-order valence-electron chi connectivity index (χ4n) is 3.61. The summed E-state index contributed by atoms with van der Waals surface area (Å²) in [5.41, 5.74) is 2.01. The normalized spacial score (nSPS) is 18.0. The van der Waals surface area contributed by atoms with Crippen molar-refractivity contribution in [3.05, 3.63) is 23.8 Å². The number of carbonyl (C=O) groups excluding carboxylic acids is 2. The number of rotatable bonds is 6. The van der Waals surface area contributed by atoms with Gasteiger partial charge in [-0.1, -0.05) is 19.3 Å². The van der Waals surface area contributed by atoms with Gasteiger partial charge in [0.05, 0.1) is 6.61 Å². The summed E-state index contributed by atoms with van der Waals surface area (Å²) >= 11 is 0. The molecule has 0 spiro atoms. The molecule has 0 atom stereocenters. The summed E-state index contributed by atoms with van der Waals surface area (Å²) in [4.78, 5) is 23.5. The molecule has 1 aliphatic heterocycles. The second kappa shape index (κ2) is 8.88. The lowest BCUT2D eigenvalue weighted by Crippen LogP contribution is -2.36. The van der Waals surface area contributed by atoms with Gasteiger partial charge >= 0.3 is 0 Å². The highest BCUT2D eigenvalue weighted by Gasteiger charge is 2.16. The fraction of sp³-hybridized carbons (Fsp3) is 0.600. The topological polar surface area (TPSA) is 67.4 Å². The van der Waals surface area contributed by atoms with Crippen LogP contribution in [0.4, 0.5) is 5.69 Å². The van der Waals surface area contributed by atoms with Crippen LogP contribution >= 0.6 is 0 Å². The van der Waals surface area contributed by atoms with Crippen molar-refractivity contribution in [3.8, 4) is 5.75 Å². The van der Waals surface area contributed by atoms with Crippen LogP contribution in [0.5, 0.6) is 5.75 Å². The number of fused-ring (bicyclic) bond motifs is 1. The molecule has 2 aliphatic rings. The van der Waals surface area contributed by atoms with Crippen molar-refractivity contribution in [2.24, 2.45) is 0 Å². The number of ether oxygens (including phenoxy) is 1. The maximum atomic E-state index is 12.0. The zero-order valence-electron chi connectivity index (χ0n) is 14.8. The molecule has 0 saturated heterocycles. The molecule has 1 fully saturated rings. The Hall–Kier alpha value is -2.04. The Morgan fingerprint density at radius 1 is 1.16 bits per heavy atom. The second-order valence-corrected chi connectivity index (χ2v) is 7.08. The van der Waals surface area contributed by atoms with Crippen LogP contribution in [0, 0.1) is 0 Å². The van der Waals surface area contributed by atoms with Crippen molar-refractivity contribution in [1.82, 2.24) is 5.32 Å². The van der Waals surface area contributed by atoms with Crippen LogP contribution in [0.2, 0.25) is 0 Å². The first-order valence-electron chi connectivity index (χ1n) is 9.55. The minimum atomic E-state index is 0.0800. The lowest BCUT2D eigenvalue weighted by Gasteiger charge is -2.22. The van der Waals surface area contributed by atoms with Crippen molar-refractivity contribution in [2.75, 3.05) is 11.9 Å². The molecule has 5 nitrogen and oxygen atoms in total. The van der Waals surface area contributed by atoms with E-state index in [1.54, 1.807) is 0 Å². The molecule has 1 aromatic rings. The highest BCUT2D eigenvalue weighted by molar-refractivity contribution is 5.92. The van der Waals surface area contributed by atoms with Crippen molar-refractivity contribution in [2.45, 2.75) is 70.3 Å². The van der Waals surface area contributed by atoms with Crippen LogP contribution in [0.15, 0.2) is 18.2 Å². The average Bonchev–Trinajstić information content (AvgIpc) is 2.80. The summed E-state index contributed by atoms with van der Waals surface area (Å²) in [5, 5.41) is 6.06. The number of hydrogen-bond acceptors (Lipinski definition) is 3. The van der Waals surface area contributed by atoms with E-state index in [1.807, 2.05) is 18.2 Å². The van der Waals surface area contributed by atoms with Crippen LogP contribution in [0.1, 0.15) is 63.4 Å². The number of hydrogen-bond donors (Lipinski definition) is 2. The maximum Gasteiger partial charge on any atom is 0.224 e. The SMILES string of the molecule is O=C1CCCc2cc(OCCCC(=O)NC3CCCCC3)ccc2N1. The van der Waals surface area contributed by atoms with Crippen LogP contribution in [-0.4, -0.2) is 24.5 Å². The van der Waals surface area contributed by atoms with Gasteiger partial charge in [-0.15, -0.1) is 0 Å². The van der Waals surface area contributed by atoms with Gasteiger partial charge in [-0.2, -0.15) is 0 Å². The molecular formula is C20H28N2O3. The molecule has 2 amide bonds. The lowest BCUT2D eigenvalue weighted by atomic mass is 9.95. The number of nitrogens with one attached hydrogen (secondary N) is 2. The molecule has 1 aromatic carbocycles. The molecule has 0 unspecified atom stereocenters. The predicted octanol–water partition coefficient (Wildman–Crippen LogP) is 3.57. The van der Waals surface area contributed by atoms with E-state index < -0.39 is 0 Å². The highest BCUT2D eigenvalue weighted by Crippen LogP contribution is 2.26. The van der Waals surface area contributed by atoms with Gasteiger partial charge in [0.15, 0.2) is 0 Å². The van der Waals surface area contributed by atoms with Crippen molar-refractivity contribution < 1.29 is 14.3 Å². The van der Waals surface area contributed by atoms with E-state index in [1.165, 1.54) is 19.3 Å². The van der Waals surface area contributed by atoms with E-state index in [0.717, 1.165) is 42.7 Å². The predicted molar refractivity (Wildman–Crippen MR) is 97.8 cm³/mol. The van der Waals surface area contributed by atoms with E-state index in [2.05, 4.69) is 10.6 Å². The van der Waals surface area contributed by atoms with Gasteiger partial charge in [-0.3, -0.25) is 9.59 Å². The fourth-order valence-corrected chi connectivity index (χ4v) is 3.61. The summed E-state index contributed by atoms with van der Waals surface area (Å²) in [7, 11) is 0. The summed E-state index contributed by atoms with van der Waals surface area (Å²) in [6, 6.07) is 6.17. The summed E-state index contributed by atoms with van der Waals surface area (Å²) < 4.78 is 5.79. The van der Waals surface area contributed by atoms with E-state index in [-0.39, 0.29) is 11.8 Å². The molecule has 0 bridgehead atoms. The summed E-state index contributed by atoms with van der Waals surface area (Å²) in [5.74, 6) is 1.03. The number of anilines is 1. The van der Waals surface area contributed by atoms with Gasteiger partial charge in [0, 0.05) is 24.6 Å². The number of benzene rings is 1. The van der Waals surface area contributed by atoms with Crippen LogP contribution in [0.25, 0.3) is 0 Å². The van der Waals surface area contributed by atoms with E-state index in [0.29, 0.717) is 31.9 Å². The van der Waals surface area contributed by atoms with Gasteiger partial charge in [-0.25, -0.2) is 0 Å². The zero-order valence-corrected chi connectivity index (χ0v) is 14.8. The summed E-state index contributed by atoms with van der Waals surface area (Å²) in [6.45, 7) is 0.531. The molecule has 1 saturated carbocycles. The molecule has 1 heterocycles. The minimum absolute atomic E-state index is 0.0800. The van der Waals surface area contributed by atoms with Gasteiger partial charge in [0.2, 0.25) is 11.8 Å². The van der Waals surface area contributed by atoms with Gasteiger partial charge < -0.3 is 15.4 Å². The smallest absolute Gasteiger partial charge is 0.224 e. The minimum Gasteiger partial charge on any atom is -0.494 e. The Labute approximate surface area is 149 Å². The zero-order chi connectivity index (χ0) is 17.5. The molecular weight excluding hydrogens is 316 g/mol. The van der Waals surface area contributed by atoms with Crippen molar-refractivity contribution in [1.29, 1.82) is 0 Å². The van der Waals surface area contributed by atoms with Gasteiger partial charge in [0.25, 0.3) is 0 Å². The number of aryl methyl sites for hydroxylation is 1. The van der Waals surface area contributed by atoms with E-state index in [4.69, 9.17) is 4.74 Å². The molecule has 136 valence electrons. The summed E-state index contributed by atoms with van der Waals surface area (Å²) in [6.07, 6.45) is 9.54. The third kappa shape index (κ3) is 5.48. The Kier molecular flexibility index (Phi) is 6.31. The maximum absolute atomic E-state index is 12.0. The van der Waals surface area contributed by atoms with E-state index >= 15 is 0 Å². The lowest BCUT2D eigenvalue weighted by molar-refractivity contribution is -0.122. The first-order valence-corrected chi connectivity index (χ1v) is 9.55. The third-order valence-electron chi connectivity index (χ3n) is 4.99. The van der Waals surface area contributed by atoms with Crippen LogP contribution < -0.4 is 15.4 Å². The Balaban J connectivity index is 1.39. The van der Waals surface area contributed by atoms with Gasteiger partial charge in [0.1, 0.15) is 5.75 Å². The van der Waals surface area contributed by atoms with Crippen molar-refractivity contribution >= 4 is 17.5 Å². The standard InChI is InChI=1S/C20H28N2O3/c23-19(21-16-7-2-1-3-8-16)10-5-13-25-17-11-12-18-15(14-17)6-4-9-20(24)22-18/h11-12,14,16H,1-10,13H2,(H,21,23)(H,22,24). The number of carbonyl (C=O) groups is 2. The van der Waals surface area contributed by atoms with E-state index in [9.17, 15) is 9.59 Å². The molecule has 2 N–H and O–H groups in total. The highest BCUT2D eigenvalue weighted by atomic mass is 16.5. The Morgan fingerprint density at radius 2 is 2.00 bits per heavy atom. The molecule has 0 aromatic heterocycles. The van der Waals surface area contributed by atoms with Crippen molar-refractivity contribution in [3.63, 3.8) is 0 Å². The first-order chi connectivity index (χ1) is 12.2. The molecule has 5 heteroatoms. The molecule has 1 aliphatic carbocycles. The Morgan fingerprint density at radius 3 is 2.84 bits per heavy atom. The second-order valence-electron chi connectivity index (χ2n) is 7.08.